The standard InChI is InChI=1S/C15H22N2O.ClH/c1-11-5-6-12(2)13(8-11)9-15(18)17-14-4-3-7-16-10-14;/h5-6,8,14,16H,3-4,7,9-10H2,1-2H3,(H,17,18);1H/t14-;/m1./s1. The maximum Gasteiger partial charge on any atom is 0.224 e. The van der Waals surface area contributed by atoms with Gasteiger partial charge in [-0.25, -0.2) is 0 Å². The summed E-state index contributed by atoms with van der Waals surface area (Å²) in [5.41, 5.74) is 3.54. The first-order valence-electron chi connectivity index (χ1n) is 6.71. The molecule has 0 bridgehead atoms. The average molecular weight is 283 g/mol. The number of rotatable bonds is 3. The highest BCUT2D eigenvalue weighted by Gasteiger charge is 2.15. The molecule has 1 aromatic carbocycles. The van der Waals surface area contributed by atoms with E-state index in [0.717, 1.165) is 31.5 Å². The van der Waals surface area contributed by atoms with Crippen molar-refractivity contribution in [3.8, 4) is 0 Å². The van der Waals surface area contributed by atoms with Crippen LogP contribution in [0.5, 0.6) is 0 Å². The first-order valence-corrected chi connectivity index (χ1v) is 6.71. The normalized spacial score (nSPS) is 18.5. The van der Waals surface area contributed by atoms with Crippen molar-refractivity contribution in [3.63, 3.8) is 0 Å². The van der Waals surface area contributed by atoms with E-state index in [0.29, 0.717) is 12.5 Å². The van der Waals surface area contributed by atoms with E-state index in [1.807, 2.05) is 0 Å². The van der Waals surface area contributed by atoms with Crippen LogP contribution >= 0.6 is 12.4 Å². The van der Waals surface area contributed by atoms with Gasteiger partial charge in [-0.05, 0) is 44.4 Å². The van der Waals surface area contributed by atoms with E-state index in [1.54, 1.807) is 0 Å². The molecular formula is C15H23ClN2O. The lowest BCUT2D eigenvalue weighted by atomic mass is 10.0. The summed E-state index contributed by atoms with van der Waals surface area (Å²) in [4.78, 5) is 12.0. The summed E-state index contributed by atoms with van der Waals surface area (Å²) in [6, 6.07) is 6.58. The third-order valence-corrected chi connectivity index (χ3v) is 3.52. The lowest BCUT2D eigenvalue weighted by molar-refractivity contribution is -0.121. The van der Waals surface area contributed by atoms with Gasteiger partial charge in [0.15, 0.2) is 0 Å². The summed E-state index contributed by atoms with van der Waals surface area (Å²) in [5.74, 6) is 0.136. The second-order valence-electron chi connectivity index (χ2n) is 5.22. The summed E-state index contributed by atoms with van der Waals surface area (Å²) in [6.45, 7) is 6.10. The molecule has 1 aliphatic heterocycles. The average Bonchev–Trinajstić information content (AvgIpc) is 2.35. The van der Waals surface area contributed by atoms with Crippen LogP contribution in [0, 0.1) is 13.8 Å². The Bertz CT molecular complexity index is 428. The van der Waals surface area contributed by atoms with E-state index in [4.69, 9.17) is 0 Å². The maximum atomic E-state index is 12.0. The van der Waals surface area contributed by atoms with Crippen molar-refractivity contribution in [1.82, 2.24) is 10.6 Å². The number of amides is 1. The summed E-state index contributed by atoms with van der Waals surface area (Å²) >= 11 is 0. The maximum absolute atomic E-state index is 12.0. The summed E-state index contributed by atoms with van der Waals surface area (Å²) in [5, 5.41) is 6.42. The molecule has 1 saturated heterocycles. The fourth-order valence-electron chi connectivity index (χ4n) is 2.42. The summed E-state index contributed by atoms with van der Waals surface area (Å²) < 4.78 is 0. The number of hydrogen-bond donors (Lipinski definition) is 2. The van der Waals surface area contributed by atoms with Crippen LogP contribution in [0.25, 0.3) is 0 Å². The Labute approximate surface area is 121 Å². The van der Waals surface area contributed by atoms with Crippen molar-refractivity contribution in [2.45, 2.75) is 39.2 Å². The Morgan fingerprint density at radius 2 is 2.21 bits per heavy atom. The third-order valence-electron chi connectivity index (χ3n) is 3.52. The topological polar surface area (TPSA) is 41.1 Å². The molecule has 1 amide bonds. The third kappa shape index (κ3) is 4.84. The van der Waals surface area contributed by atoms with Crippen molar-refractivity contribution >= 4 is 18.3 Å². The smallest absolute Gasteiger partial charge is 0.224 e. The van der Waals surface area contributed by atoms with Crippen LogP contribution in [0.2, 0.25) is 0 Å². The Kier molecular flexibility index (Phi) is 6.32. The number of hydrogen-bond acceptors (Lipinski definition) is 2. The molecule has 1 aromatic rings. The molecule has 106 valence electrons. The molecule has 3 nitrogen and oxygen atoms in total. The Morgan fingerprint density at radius 3 is 2.89 bits per heavy atom. The zero-order valence-corrected chi connectivity index (χ0v) is 12.5. The fourth-order valence-corrected chi connectivity index (χ4v) is 2.42. The highest BCUT2D eigenvalue weighted by atomic mass is 35.5. The van der Waals surface area contributed by atoms with Gasteiger partial charge in [0, 0.05) is 12.6 Å². The van der Waals surface area contributed by atoms with Crippen molar-refractivity contribution in [2.75, 3.05) is 13.1 Å². The molecule has 2 N–H and O–H groups in total. The minimum absolute atomic E-state index is 0. The quantitative estimate of drug-likeness (QED) is 0.892. The van der Waals surface area contributed by atoms with Gasteiger partial charge in [0.2, 0.25) is 5.91 Å². The molecule has 1 heterocycles. The molecule has 0 aromatic heterocycles. The van der Waals surface area contributed by atoms with Crippen molar-refractivity contribution in [2.24, 2.45) is 0 Å². The zero-order valence-electron chi connectivity index (χ0n) is 11.7. The van der Waals surface area contributed by atoms with E-state index in [9.17, 15) is 4.79 Å². The molecule has 0 radical (unpaired) electrons. The highest BCUT2D eigenvalue weighted by Crippen LogP contribution is 2.11. The van der Waals surface area contributed by atoms with E-state index in [1.165, 1.54) is 11.1 Å². The van der Waals surface area contributed by atoms with Crippen LogP contribution in [0.1, 0.15) is 29.5 Å². The molecule has 0 unspecified atom stereocenters. The zero-order chi connectivity index (χ0) is 13.0. The Balaban J connectivity index is 0.00000180. The van der Waals surface area contributed by atoms with Gasteiger partial charge in [0.25, 0.3) is 0 Å². The van der Waals surface area contributed by atoms with Crippen LogP contribution in [0.3, 0.4) is 0 Å². The van der Waals surface area contributed by atoms with Gasteiger partial charge < -0.3 is 10.6 Å². The van der Waals surface area contributed by atoms with Gasteiger partial charge in [0.1, 0.15) is 0 Å². The Morgan fingerprint density at radius 1 is 1.42 bits per heavy atom. The number of aryl methyl sites for hydroxylation is 2. The largest absolute Gasteiger partial charge is 0.352 e. The van der Waals surface area contributed by atoms with Crippen LogP contribution in [0.4, 0.5) is 0 Å². The van der Waals surface area contributed by atoms with Crippen LogP contribution in [-0.4, -0.2) is 25.0 Å². The molecule has 1 aliphatic rings. The monoisotopic (exact) mass is 282 g/mol. The molecular weight excluding hydrogens is 260 g/mol. The summed E-state index contributed by atoms with van der Waals surface area (Å²) in [6.07, 6.45) is 2.73. The van der Waals surface area contributed by atoms with E-state index >= 15 is 0 Å². The number of benzene rings is 1. The number of carbonyl (C=O) groups excluding carboxylic acids is 1. The van der Waals surface area contributed by atoms with Crippen molar-refractivity contribution < 1.29 is 4.79 Å². The van der Waals surface area contributed by atoms with Crippen LogP contribution in [-0.2, 0) is 11.2 Å². The second kappa shape index (κ2) is 7.51. The minimum atomic E-state index is 0. The number of halogens is 1. The summed E-state index contributed by atoms with van der Waals surface area (Å²) in [7, 11) is 0. The van der Waals surface area contributed by atoms with Crippen LogP contribution < -0.4 is 10.6 Å². The number of piperidine rings is 1. The van der Waals surface area contributed by atoms with E-state index in [2.05, 4.69) is 42.7 Å². The molecule has 4 heteroatoms. The lowest BCUT2D eigenvalue weighted by Crippen LogP contribution is -2.46. The molecule has 1 atom stereocenters. The van der Waals surface area contributed by atoms with Gasteiger partial charge in [0.05, 0.1) is 6.42 Å². The van der Waals surface area contributed by atoms with Gasteiger partial charge in [-0.1, -0.05) is 23.8 Å². The van der Waals surface area contributed by atoms with Crippen molar-refractivity contribution in [1.29, 1.82) is 0 Å². The van der Waals surface area contributed by atoms with Crippen LogP contribution in [0.15, 0.2) is 18.2 Å². The van der Waals surface area contributed by atoms with E-state index < -0.39 is 0 Å². The number of nitrogens with one attached hydrogen (secondary N) is 2. The molecule has 0 aliphatic carbocycles. The van der Waals surface area contributed by atoms with E-state index in [-0.39, 0.29) is 18.3 Å². The second-order valence-corrected chi connectivity index (χ2v) is 5.22. The predicted octanol–water partition coefficient (Wildman–Crippen LogP) is 2.14. The number of carbonyl (C=O) groups is 1. The SMILES string of the molecule is Cc1ccc(C)c(CC(=O)N[C@@H]2CCCNC2)c1.Cl. The first-order chi connectivity index (χ1) is 8.65. The molecule has 0 spiro atoms. The van der Waals surface area contributed by atoms with Gasteiger partial charge in [-0.2, -0.15) is 0 Å². The minimum Gasteiger partial charge on any atom is -0.352 e. The Hall–Kier alpha value is -1.06. The van der Waals surface area contributed by atoms with Crippen molar-refractivity contribution in [3.05, 3.63) is 34.9 Å². The molecule has 0 saturated carbocycles. The molecule has 2 rings (SSSR count). The molecule has 19 heavy (non-hydrogen) atoms. The highest BCUT2D eigenvalue weighted by molar-refractivity contribution is 5.85. The van der Waals surface area contributed by atoms with Gasteiger partial charge in [-0.15, -0.1) is 12.4 Å². The van der Waals surface area contributed by atoms with Gasteiger partial charge >= 0.3 is 0 Å². The van der Waals surface area contributed by atoms with Gasteiger partial charge in [-0.3, -0.25) is 4.79 Å². The molecule has 1 fully saturated rings. The fraction of sp³-hybridized carbons (Fsp3) is 0.533. The predicted molar refractivity (Wildman–Crippen MR) is 80.9 cm³/mol. The lowest BCUT2D eigenvalue weighted by Gasteiger charge is -2.24. The first kappa shape index (κ1) is 16.0.